The summed E-state index contributed by atoms with van der Waals surface area (Å²) >= 11 is 0. The van der Waals surface area contributed by atoms with Crippen molar-refractivity contribution in [2.45, 2.75) is 25.1 Å². The number of aliphatic carboxylic acids is 1. The fourth-order valence-corrected chi connectivity index (χ4v) is 4.86. The smallest absolute Gasteiger partial charge is 0.486 e. The molecule has 1 amide bonds. The monoisotopic (exact) mass is 516 g/mol. The molecule has 3 aromatic rings. The Balaban J connectivity index is 0.000000384. The molecule has 11 heteroatoms. The molecule has 2 aromatic carbocycles. The molecule has 0 radical (unpaired) electrons. The highest BCUT2D eigenvalue weighted by Crippen LogP contribution is 2.40. The number of carbonyl (C=O) groups excluding carboxylic acids is 1. The number of carboxylic acids is 1. The largest absolute Gasteiger partial charge is 0.490 e. The number of amides is 1. The van der Waals surface area contributed by atoms with Crippen LogP contribution in [0.15, 0.2) is 73.1 Å². The molecule has 1 aliphatic heterocycles. The molecule has 2 N–H and O–H groups in total. The topological polar surface area (TPSA) is 106 Å². The van der Waals surface area contributed by atoms with E-state index < -0.39 is 23.1 Å². The minimum absolute atomic E-state index is 0.000657. The van der Waals surface area contributed by atoms with Crippen LogP contribution in [0.2, 0.25) is 0 Å². The first-order chi connectivity index (χ1) is 17.1. The lowest BCUT2D eigenvalue weighted by Gasteiger charge is -2.16. The second kappa shape index (κ2) is 10.3. The number of carbonyl (C=O) groups is 2. The average Bonchev–Trinajstić information content (AvgIpc) is 3.42. The third kappa shape index (κ3) is 5.62. The predicted octanol–water partition coefficient (Wildman–Crippen LogP) is 4.58. The fraction of sp³-hybridized carbons (Fsp3) is 0.160. The van der Waals surface area contributed by atoms with E-state index >= 15 is 0 Å². The van der Waals surface area contributed by atoms with Gasteiger partial charge in [0, 0.05) is 18.5 Å². The van der Waals surface area contributed by atoms with Crippen molar-refractivity contribution in [2.75, 3.05) is 0 Å². The molecule has 7 nitrogen and oxygen atoms in total. The van der Waals surface area contributed by atoms with Crippen molar-refractivity contribution < 1.29 is 36.8 Å². The maximum atomic E-state index is 11.9. The summed E-state index contributed by atoms with van der Waals surface area (Å²) in [6, 6.07) is 17.8. The first kappa shape index (κ1) is 25.1. The van der Waals surface area contributed by atoms with Gasteiger partial charge in [0.2, 0.25) is 0 Å². The van der Waals surface area contributed by atoms with E-state index in [0.717, 1.165) is 24.2 Å². The molecule has 2 atom stereocenters. The van der Waals surface area contributed by atoms with Gasteiger partial charge in [0.25, 0.3) is 5.91 Å². The Morgan fingerprint density at radius 2 is 1.72 bits per heavy atom. The Morgan fingerprint density at radius 3 is 2.31 bits per heavy atom. The molecule has 2 heterocycles. The van der Waals surface area contributed by atoms with Crippen LogP contribution in [-0.2, 0) is 27.0 Å². The van der Waals surface area contributed by atoms with E-state index in [-0.39, 0.29) is 12.0 Å². The Hall–Kier alpha value is -3.99. The maximum Gasteiger partial charge on any atom is 0.490 e. The minimum atomic E-state index is -5.08. The fourth-order valence-electron chi connectivity index (χ4n) is 3.94. The number of rotatable bonds is 4. The molecule has 0 bridgehead atoms. The molecule has 0 spiro atoms. The highest BCUT2D eigenvalue weighted by molar-refractivity contribution is 7.93. The molecule has 186 valence electrons. The van der Waals surface area contributed by atoms with Gasteiger partial charge in [-0.15, -0.1) is 0 Å². The number of hydrogen-bond donors (Lipinski definition) is 2. The Morgan fingerprint density at radius 1 is 1.06 bits per heavy atom. The molecule has 0 saturated carbocycles. The molecule has 1 aromatic heterocycles. The number of fused-ring (bicyclic) bond motifs is 1. The van der Waals surface area contributed by atoms with Crippen LogP contribution in [0.4, 0.5) is 13.2 Å². The maximum absolute atomic E-state index is 11.9. The van der Waals surface area contributed by atoms with Gasteiger partial charge < -0.3 is 9.84 Å². The summed E-state index contributed by atoms with van der Waals surface area (Å²) < 4.78 is 52.3. The number of nitrogens with zero attached hydrogens (tertiary/aromatic N) is 1. The van der Waals surface area contributed by atoms with Crippen LogP contribution in [0.3, 0.4) is 0 Å². The highest BCUT2D eigenvalue weighted by atomic mass is 32.2. The summed E-state index contributed by atoms with van der Waals surface area (Å²) in [4.78, 5) is 24.9. The second-order valence-electron chi connectivity index (χ2n) is 7.83. The third-order valence-electron chi connectivity index (χ3n) is 5.52. The molecule has 2 aliphatic rings. The van der Waals surface area contributed by atoms with Gasteiger partial charge in [-0.25, -0.2) is 9.00 Å². The summed E-state index contributed by atoms with van der Waals surface area (Å²) in [7, 11) is -1.49. The summed E-state index contributed by atoms with van der Waals surface area (Å²) in [6.07, 6.45) is 1.81. The van der Waals surface area contributed by atoms with Crippen molar-refractivity contribution in [3.8, 4) is 16.9 Å². The first-order valence-electron chi connectivity index (χ1n) is 10.7. The Bertz CT molecular complexity index is 1340. The van der Waals surface area contributed by atoms with Crippen LogP contribution in [-0.4, -0.2) is 32.4 Å². The van der Waals surface area contributed by atoms with E-state index in [4.69, 9.17) is 14.6 Å². The first-order valence-corrected chi connectivity index (χ1v) is 11.8. The van der Waals surface area contributed by atoms with Crippen molar-refractivity contribution in [1.29, 1.82) is 0 Å². The normalized spacial score (nSPS) is 18.4. The molecule has 0 fully saturated rings. The van der Waals surface area contributed by atoms with Crippen LogP contribution in [0, 0.1) is 0 Å². The van der Waals surface area contributed by atoms with Crippen LogP contribution in [0.5, 0.6) is 5.75 Å². The summed E-state index contributed by atoms with van der Waals surface area (Å²) in [5.41, 5.74) is 5.71. The lowest BCUT2D eigenvalue weighted by Crippen LogP contribution is -2.21. The molecule has 1 aliphatic carbocycles. The van der Waals surface area contributed by atoms with Gasteiger partial charge in [-0.3, -0.25) is 14.5 Å². The number of aromatic nitrogens is 1. The summed E-state index contributed by atoms with van der Waals surface area (Å²) in [5.74, 6) is -2.33. The zero-order valence-corrected chi connectivity index (χ0v) is 19.3. The number of pyridine rings is 1. The Labute approximate surface area is 206 Å². The molecule has 0 saturated heterocycles. The Kier molecular flexibility index (Phi) is 7.20. The molecule has 1 unspecified atom stereocenters. The van der Waals surface area contributed by atoms with Gasteiger partial charge in [-0.2, -0.15) is 13.2 Å². The van der Waals surface area contributed by atoms with Gasteiger partial charge in [-0.1, -0.05) is 30.3 Å². The van der Waals surface area contributed by atoms with Crippen LogP contribution < -0.4 is 9.46 Å². The van der Waals surface area contributed by atoms with Crippen molar-refractivity contribution in [2.24, 2.45) is 0 Å². The van der Waals surface area contributed by atoms with Crippen LogP contribution >= 0.6 is 0 Å². The summed E-state index contributed by atoms with van der Waals surface area (Å²) in [6.45, 7) is 0. The van der Waals surface area contributed by atoms with Gasteiger partial charge in [-0.05, 0) is 64.9 Å². The number of carboxylic acid groups (broad SMARTS) is 1. The lowest BCUT2D eigenvalue weighted by atomic mass is 9.97. The quantitative estimate of drug-likeness (QED) is 0.526. The van der Waals surface area contributed by atoms with Crippen molar-refractivity contribution in [3.05, 3.63) is 89.8 Å². The van der Waals surface area contributed by atoms with Crippen LogP contribution in [0.25, 0.3) is 16.0 Å². The number of ether oxygens (including phenoxy) is 1. The van der Waals surface area contributed by atoms with Gasteiger partial charge in [0.05, 0.1) is 4.91 Å². The number of halogens is 3. The van der Waals surface area contributed by atoms with Crippen molar-refractivity contribution >= 4 is 27.8 Å². The van der Waals surface area contributed by atoms with Crippen molar-refractivity contribution in [1.82, 2.24) is 9.71 Å². The zero-order chi connectivity index (χ0) is 25.9. The molecule has 5 rings (SSSR count). The molecular weight excluding hydrogens is 497 g/mol. The third-order valence-corrected chi connectivity index (χ3v) is 6.66. The van der Waals surface area contributed by atoms with Crippen LogP contribution in [0.1, 0.15) is 29.2 Å². The van der Waals surface area contributed by atoms with Gasteiger partial charge in [0.15, 0.2) is 11.0 Å². The molecular formula is C25H19F3N2O5S. The van der Waals surface area contributed by atoms with E-state index in [9.17, 15) is 22.2 Å². The van der Waals surface area contributed by atoms with E-state index in [1.807, 2.05) is 48.8 Å². The number of alkyl halides is 3. The number of benzene rings is 2. The predicted molar refractivity (Wildman–Crippen MR) is 126 cm³/mol. The van der Waals surface area contributed by atoms with Gasteiger partial charge in [0.1, 0.15) is 11.9 Å². The molecule has 36 heavy (non-hydrogen) atoms. The number of hydrogen-bond acceptors (Lipinski definition) is 5. The minimum Gasteiger partial charge on any atom is -0.486 e. The van der Waals surface area contributed by atoms with Crippen molar-refractivity contribution in [3.63, 3.8) is 0 Å². The highest BCUT2D eigenvalue weighted by Gasteiger charge is 2.38. The average molecular weight is 516 g/mol. The standard InChI is InChI=1S/C23H18N2O3S.C2HF3O2/c26-23-14-22(29(27)25-23)16-4-6-17(7-5-16)28-21-9-8-19-18(2-1-3-20(19)21)15-10-12-24-13-11-15;3-2(4,5)1(6)7/h1-7,10-14,21H,8-9H2,(H,25,26);(H,6,7)/t21-,29?;/m1./s1. The van der Waals surface area contributed by atoms with E-state index in [1.165, 1.54) is 28.3 Å². The van der Waals surface area contributed by atoms with E-state index in [2.05, 4.69) is 27.9 Å². The van der Waals surface area contributed by atoms with Gasteiger partial charge >= 0.3 is 12.1 Å². The number of nitrogens with one attached hydrogen (secondary N) is 1. The van der Waals surface area contributed by atoms with E-state index in [0.29, 0.717) is 4.91 Å². The lowest BCUT2D eigenvalue weighted by molar-refractivity contribution is -0.192. The second-order valence-corrected chi connectivity index (χ2v) is 9.01. The summed E-state index contributed by atoms with van der Waals surface area (Å²) in [5, 5.41) is 7.12. The zero-order valence-electron chi connectivity index (χ0n) is 18.5. The SMILES string of the molecule is O=C(O)C(F)(F)F.O=C1C=C(c2ccc(O[C@@H]3CCc4c(-c5ccncc5)cccc43)cc2)S(=O)N1. The van der Waals surface area contributed by atoms with E-state index in [1.54, 1.807) is 0 Å².